The molecule has 2 atom stereocenters. The summed E-state index contributed by atoms with van der Waals surface area (Å²) in [6.45, 7) is 9.69. The molecule has 0 aliphatic rings. The lowest BCUT2D eigenvalue weighted by Crippen LogP contribution is -2.42. The van der Waals surface area contributed by atoms with E-state index in [1.165, 1.54) is 77.0 Å². The Hall–Kier alpha value is -3.36. The lowest BCUT2D eigenvalue weighted by Gasteiger charge is -2.22. The number of nitrogens with one attached hydrogen (secondary N) is 2. The fourth-order valence-electron chi connectivity index (χ4n) is 6.66. The number of nitrogens with two attached hydrogens (primary N) is 2. The first-order valence-electron chi connectivity index (χ1n) is 19.4. The molecule has 0 fully saturated rings. The molecular formula is C42H66N4O4. The van der Waals surface area contributed by atoms with Gasteiger partial charge in [-0.2, -0.15) is 0 Å². The van der Waals surface area contributed by atoms with Crippen molar-refractivity contribution < 1.29 is 19.2 Å². The van der Waals surface area contributed by atoms with Gasteiger partial charge in [-0.25, -0.2) is 0 Å². The van der Waals surface area contributed by atoms with Crippen molar-refractivity contribution in [1.82, 2.24) is 10.6 Å². The van der Waals surface area contributed by atoms with E-state index in [9.17, 15) is 19.2 Å². The number of unbranched alkanes of at least 4 members (excludes halogenated alkanes) is 15. The van der Waals surface area contributed by atoms with E-state index in [0.717, 1.165) is 38.8 Å². The van der Waals surface area contributed by atoms with Gasteiger partial charge in [0, 0.05) is 22.3 Å². The average molecular weight is 691 g/mol. The number of carbonyl (C=O) groups excluding carboxylic acids is 4. The second-order valence-corrected chi connectivity index (χ2v) is 14.6. The molecule has 0 saturated carbocycles. The molecule has 0 spiro atoms. The summed E-state index contributed by atoms with van der Waals surface area (Å²) in [7, 11) is 0. The van der Waals surface area contributed by atoms with Crippen molar-refractivity contribution in [1.29, 1.82) is 0 Å². The van der Waals surface area contributed by atoms with Gasteiger partial charge in [0.1, 0.15) is 0 Å². The molecule has 2 aromatic rings. The van der Waals surface area contributed by atoms with Crippen LogP contribution in [0.2, 0.25) is 0 Å². The number of hydrogen-bond donors (Lipinski definition) is 4. The molecule has 0 radical (unpaired) electrons. The Bertz CT molecular complexity index is 1210. The van der Waals surface area contributed by atoms with Gasteiger partial charge in [0.05, 0.1) is 12.1 Å². The Labute approximate surface area is 302 Å². The van der Waals surface area contributed by atoms with E-state index >= 15 is 0 Å². The van der Waals surface area contributed by atoms with Crippen molar-refractivity contribution in [2.75, 3.05) is 13.1 Å². The van der Waals surface area contributed by atoms with E-state index in [-0.39, 0.29) is 46.6 Å². The van der Waals surface area contributed by atoms with Crippen LogP contribution in [0.5, 0.6) is 0 Å². The normalized spacial score (nSPS) is 12.7. The lowest BCUT2D eigenvalue weighted by molar-refractivity contribution is 0.0901. The molecule has 8 nitrogen and oxygen atoms in total. The van der Waals surface area contributed by atoms with Crippen molar-refractivity contribution in [3.63, 3.8) is 0 Å². The number of carbonyl (C=O) groups is 4. The summed E-state index contributed by atoms with van der Waals surface area (Å²) in [5, 5.41) is 6.86. The van der Waals surface area contributed by atoms with Crippen LogP contribution < -0.4 is 22.1 Å². The number of Topliss-reactive ketones (excluding diaryl/α,β-unsaturated/α-hetero) is 2. The monoisotopic (exact) mass is 691 g/mol. The molecule has 0 aliphatic carbocycles. The third kappa shape index (κ3) is 15.7. The van der Waals surface area contributed by atoms with Gasteiger partial charge in [-0.1, -0.05) is 154 Å². The molecular weight excluding hydrogens is 624 g/mol. The van der Waals surface area contributed by atoms with Crippen LogP contribution in [0.25, 0.3) is 0 Å². The molecule has 6 N–H and O–H groups in total. The Kier molecular flexibility index (Phi) is 21.2. The number of ketones is 2. The van der Waals surface area contributed by atoms with Crippen molar-refractivity contribution in [3.8, 4) is 0 Å². The SMILES string of the molecule is CC(C)C(NCCCCCCCCCCCCCCCCCCNC(C(=O)c1ccccc1C(N)=O)C(C)C)C(=O)c1ccccc1C(N)=O. The van der Waals surface area contributed by atoms with Crippen molar-refractivity contribution in [3.05, 3.63) is 70.8 Å². The van der Waals surface area contributed by atoms with E-state index in [1.54, 1.807) is 48.5 Å². The summed E-state index contributed by atoms with van der Waals surface area (Å²) in [5.74, 6) is -1.02. The highest BCUT2D eigenvalue weighted by Gasteiger charge is 2.27. The maximum absolute atomic E-state index is 13.1. The van der Waals surface area contributed by atoms with Crippen LogP contribution in [0.4, 0.5) is 0 Å². The highest BCUT2D eigenvalue weighted by Crippen LogP contribution is 2.18. The van der Waals surface area contributed by atoms with E-state index in [4.69, 9.17) is 11.5 Å². The first kappa shape index (κ1) is 42.8. The summed E-state index contributed by atoms with van der Waals surface area (Å²) in [6, 6.07) is 13.0. The Morgan fingerprint density at radius 3 is 0.920 bits per heavy atom. The molecule has 2 rings (SSSR count). The fourth-order valence-corrected chi connectivity index (χ4v) is 6.66. The predicted molar refractivity (Wildman–Crippen MR) is 206 cm³/mol. The topological polar surface area (TPSA) is 144 Å². The molecule has 0 aliphatic heterocycles. The van der Waals surface area contributed by atoms with Gasteiger partial charge in [-0.15, -0.1) is 0 Å². The molecule has 278 valence electrons. The zero-order valence-electron chi connectivity index (χ0n) is 31.4. The smallest absolute Gasteiger partial charge is 0.249 e. The first-order valence-corrected chi connectivity index (χ1v) is 19.4. The standard InChI is InChI=1S/C42H66N4O4/c1-31(2)37(39(47)33-25-19-21-27-35(33)41(43)49)45-29-23-17-15-13-11-9-7-5-6-8-10-12-14-16-18-24-30-46-38(32(3)4)40(48)34-26-20-22-28-36(34)42(44)50/h19-22,25-28,31-32,37-38,45-46H,5-18,23-24,29-30H2,1-4H3,(H2,43,49)(H2,44,50). The molecule has 0 aromatic heterocycles. The number of hydrogen-bond acceptors (Lipinski definition) is 6. The third-order valence-electron chi connectivity index (χ3n) is 9.65. The molecule has 2 unspecified atom stereocenters. The minimum absolute atomic E-state index is 0.0614. The summed E-state index contributed by atoms with van der Waals surface area (Å²) in [6.07, 6.45) is 19.9. The Balaban J connectivity index is 1.43. The molecule has 0 bridgehead atoms. The number of primary amides is 2. The lowest BCUT2D eigenvalue weighted by atomic mass is 9.92. The van der Waals surface area contributed by atoms with Gasteiger partial charge in [-0.3, -0.25) is 19.2 Å². The minimum atomic E-state index is -0.568. The number of benzene rings is 2. The summed E-state index contributed by atoms with van der Waals surface area (Å²) >= 11 is 0. The Morgan fingerprint density at radius 1 is 0.440 bits per heavy atom. The van der Waals surface area contributed by atoms with Gasteiger partial charge in [-0.05, 0) is 49.9 Å². The number of amides is 2. The van der Waals surface area contributed by atoms with Gasteiger partial charge >= 0.3 is 0 Å². The van der Waals surface area contributed by atoms with Crippen LogP contribution in [0, 0.1) is 11.8 Å². The summed E-state index contributed by atoms with van der Waals surface area (Å²) in [4.78, 5) is 49.8. The molecule has 50 heavy (non-hydrogen) atoms. The zero-order chi connectivity index (χ0) is 36.7. The van der Waals surface area contributed by atoms with Crippen LogP contribution in [0.3, 0.4) is 0 Å². The van der Waals surface area contributed by atoms with Crippen LogP contribution in [-0.4, -0.2) is 48.6 Å². The van der Waals surface area contributed by atoms with E-state index in [1.807, 2.05) is 27.7 Å². The van der Waals surface area contributed by atoms with Crippen LogP contribution in [0.1, 0.15) is 172 Å². The van der Waals surface area contributed by atoms with E-state index in [2.05, 4.69) is 10.6 Å². The van der Waals surface area contributed by atoms with Crippen LogP contribution in [0.15, 0.2) is 48.5 Å². The number of rotatable bonds is 29. The molecule has 2 amide bonds. The highest BCUT2D eigenvalue weighted by atomic mass is 16.2. The first-order chi connectivity index (χ1) is 24.1. The predicted octanol–water partition coefficient (Wildman–Crippen LogP) is 8.42. The highest BCUT2D eigenvalue weighted by molar-refractivity contribution is 6.10. The average Bonchev–Trinajstić information content (AvgIpc) is 3.09. The molecule has 0 heterocycles. The van der Waals surface area contributed by atoms with Gasteiger partial charge in [0.2, 0.25) is 11.8 Å². The fraction of sp³-hybridized carbons (Fsp3) is 0.619. The quantitative estimate of drug-likeness (QED) is 0.0498. The van der Waals surface area contributed by atoms with Crippen molar-refractivity contribution in [2.45, 2.75) is 143 Å². The van der Waals surface area contributed by atoms with Gasteiger partial charge in [0.25, 0.3) is 0 Å². The maximum Gasteiger partial charge on any atom is 0.249 e. The molecule has 8 heteroatoms. The van der Waals surface area contributed by atoms with Crippen LogP contribution in [-0.2, 0) is 0 Å². The van der Waals surface area contributed by atoms with Gasteiger partial charge < -0.3 is 22.1 Å². The van der Waals surface area contributed by atoms with Crippen LogP contribution >= 0.6 is 0 Å². The zero-order valence-corrected chi connectivity index (χ0v) is 31.4. The van der Waals surface area contributed by atoms with Gasteiger partial charge in [0.15, 0.2) is 11.6 Å². The third-order valence-corrected chi connectivity index (χ3v) is 9.65. The second-order valence-electron chi connectivity index (χ2n) is 14.6. The summed E-state index contributed by atoms with van der Waals surface area (Å²) in [5.41, 5.74) is 12.4. The second kappa shape index (κ2) is 24.7. The minimum Gasteiger partial charge on any atom is -0.366 e. The van der Waals surface area contributed by atoms with Crippen molar-refractivity contribution >= 4 is 23.4 Å². The summed E-state index contributed by atoms with van der Waals surface area (Å²) < 4.78 is 0. The molecule has 0 saturated heterocycles. The van der Waals surface area contributed by atoms with Crippen molar-refractivity contribution in [2.24, 2.45) is 23.3 Å². The molecule has 2 aromatic carbocycles. The van der Waals surface area contributed by atoms with E-state index < -0.39 is 11.8 Å². The largest absolute Gasteiger partial charge is 0.366 e. The Morgan fingerprint density at radius 2 is 0.680 bits per heavy atom. The van der Waals surface area contributed by atoms with E-state index in [0.29, 0.717) is 11.1 Å². The maximum atomic E-state index is 13.1.